The zero-order valence-corrected chi connectivity index (χ0v) is 16.0. The number of allylic oxidation sites excluding steroid dienone is 4. The molecule has 0 aromatic rings. The van der Waals surface area contributed by atoms with Crippen molar-refractivity contribution in [3.63, 3.8) is 0 Å². The van der Waals surface area contributed by atoms with E-state index in [1.165, 1.54) is 0 Å². The molecule has 2 unspecified atom stereocenters. The van der Waals surface area contributed by atoms with Crippen LogP contribution >= 0.6 is 23.2 Å². The van der Waals surface area contributed by atoms with Crippen molar-refractivity contribution in [3.8, 4) is 0 Å². The summed E-state index contributed by atoms with van der Waals surface area (Å²) in [6.45, 7) is 4.65. The highest BCUT2D eigenvalue weighted by molar-refractivity contribution is 6.18. The Kier molecular flexibility index (Phi) is 18.2. The summed E-state index contributed by atoms with van der Waals surface area (Å²) in [6, 6.07) is 0. The summed E-state index contributed by atoms with van der Waals surface area (Å²) in [6.07, 6.45) is 14.7. The first-order chi connectivity index (χ1) is 11.2. The lowest BCUT2D eigenvalue weighted by molar-refractivity contribution is -0.160. The largest absolute Gasteiger partial charge is 0.352 e. The molecule has 0 saturated heterocycles. The minimum atomic E-state index is 0.181. The van der Waals surface area contributed by atoms with Gasteiger partial charge in [0.2, 0.25) is 0 Å². The van der Waals surface area contributed by atoms with Gasteiger partial charge in [0, 0.05) is 11.8 Å². The maximum absolute atomic E-state index is 5.60. The Labute approximate surface area is 152 Å². The fraction of sp³-hybridized carbons (Fsp3) is 0.778. The Hall–Kier alpha value is -0.0600. The molecule has 3 nitrogen and oxygen atoms in total. The highest BCUT2D eigenvalue weighted by Gasteiger charge is 2.02. The molecular formula is C18H32Cl2O3. The first-order valence-electron chi connectivity index (χ1n) is 8.43. The van der Waals surface area contributed by atoms with Crippen LogP contribution in [0, 0.1) is 0 Å². The molecule has 0 aliphatic rings. The Bertz CT molecular complexity index is 268. The Balaban J connectivity index is 3.39. The standard InChI is InChI=1S/C18H32Cl2O3/c1-17(11-7-3-5-9-13-19)22-15-21-16-23-18(2)12-8-4-6-10-14-20/h3-6,17-18H,7-16H2,1-2H3. The van der Waals surface area contributed by atoms with Gasteiger partial charge in [0.15, 0.2) is 0 Å². The van der Waals surface area contributed by atoms with Crippen molar-refractivity contribution >= 4 is 23.2 Å². The molecule has 0 bridgehead atoms. The van der Waals surface area contributed by atoms with E-state index in [9.17, 15) is 0 Å². The Morgan fingerprint density at radius 3 is 1.48 bits per heavy atom. The smallest absolute Gasteiger partial charge is 0.149 e. The normalized spacial score (nSPS) is 14.8. The molecule has 0 spiro atoms. The third-order valence-electron chi connectivity index (χ3n) is 3.24. The number of rotatable bonds is 16. The zero-order chi connectivity index (χ0) is 17.2. The molecular weight excluding hydrogens is 335 g/mol. The maximum atomic E-state index is 5.60. The van der Waals surface area contributed by atoms with E-state index in [0.29, 0.717) is 11.8 Å². The highest BCUT2D eigenvalue weighted by Crippen LogP contribution is 2.05. The van der Waals surface area contributed by atoms with E-state index in [4.69, 9.17) is 37.4 Å². The van der Waals surface area contributed by atoms with Crippen molar-refractivity contribution in [1.29, 1.82) is 0 Å². The monoisotopic (exact) mass is 366 g/mol. The molecule has 0 heterocycles. The molecule has 0 rings (SSSR count). The van der Waals surface area contributed by atoms with Gasteiger partial charge in [-0.1, -0.05) is 24.3 Å². The lowest BCUT2D eigenvalue weighted by Crippen LogP contribution is -2.15. The highest BCUT2D eigenvalue weighted by atomic mass is 35.5. The topological polar surface area (TPSA) is 27.7 Å². The van der Waals surface area contributed by atoms with Crippen molar-refractivity contribution < 1.29 is 14.2 Å². The number of ether oxygens (including phenoxy) is 3. The van der Waals surface area contributed by atoms with Crippen LogP contribution in [0.3, 0.4) is 0 Å². The second kappa shape index (κ2) is 18.3. The van der Waals surface area contributed by atoms with E-state index in [-0.39, 0.29) is 25.8 Å². The zero-order valence-electron chi connectivity index (χ0n) is 14.5. The molecule has 0 saturated carbocycles. The molecule has 0 N–H and O–H groups in total. The summed E-state index contributed by atoms with van der Waals surface area (Å²) >= 11 is 11.2. The molecule has 0 radical (unpaired) electrons. The van der Waals surface area contributed by atoms with Crippen LogP contribution in [0.2, 0.25) is 0 Å². The average molecular weight is 367 g/mol. The van der Waals surface area contributed by atoms with E-state index in [0.717, 1.165) is 38.5 Å². The van der Waals surface area contributed by atoms with Crippen LogP contribution in [0.25, 0.3) is 0 Å². The van der Waals surface area contributed by atoms with E-state index in [2.05, 4.69) is 38.2 Å². The van der Waals surface area contributed by atoms with Gasteiger partial charge in [-0.2, -0.15) is 0 Å². The van der Waals surface area contributed by atoms with Crippen LogP contribution in [0.5, 0.6) is 0 Å². The molecule has 5 heteroatoms. The van der Waals surface area contributed by atoms with Gasteiger partial charge in [-0.05, 0) is 52.4 Å². The van der Waals surface area contributed by atoms with Crippen molar-refractivity contribution in [2.24, 2.45) is 0 Å². The summed E-state index contributed by atoms with van der Waals surface area (Å²) in [7, 11) is 0. The van der Waals surface area contributed by atoms with Crippen LogP contribution in [-0.4, -0.2) is 37.6 Å². The molecule has 0 aromatic heterocycles. The van der Waals surface area contributed by atoms with E-state index in [1.54, 1.807) is 0 Å². The lowest BCUT2D eigenvalue weighted by Gasteiger charge is -2.14. The average Bonchev–Trinajstić information content (AvgIpc) is 2.54. The summed E-state index contributed by atoms with van der Waals surface area (Å²) in [5, 5.41) is 0. The quantitative estimate of drug-likeness (QED) is 0.152. The van der Waals surface area contributed by atoms with Crippen molar-refractivity contribution in [2.45, 2.75) is 64.6 Å². The summed E-state index contributed by atoms with van der Waals surface area (Å²) < 4.78 is 16.5. The third kappa shape index (κ3) is 18.1. The van der Waals surface area contributed by atoms with Crippen LogP contribution < -0.4 is 0 Å². The molecule has 0 amide bonds. The summed E-state index contributed by atoms with van der Waals surface area (Å²) in [5.41, 5.74) is 0. The maximum Gasteiger partial charge on any atom is 0.149 e. The molecule has 0 aliphatic heterocycles. The van der Waals surface area contributed by atoms with Gasteiger partial charge in [-0.3, -0.25) is 0 Å². The molecule has 23 heavy (non-hydrogen) atoms. The van der Waals surface area contributed by atoms with Gasteiger partial charge in [-0.25, -0.2) is 0 Å². The van der Waals surface area contributed by atoms with E-state index < -0.39 is 0 Å². The predicted molar refractivity (Wildman–Crippen MR) is 99.3 cm³/mol. The lowest BCUT2D eigenvalue weighted by atomic mass is 10.2. The van der Waals surface area contributed by atoms with Crippen molar-refractivity contribution in [3.05, 3.63) is 24.3 Å². The molecule has 136 valence electrons. The minimum absolute atomic E-state index is 0.181. The number of hydrogen-bond acceptors (Lipinski definition) is 3. The number of hydrogen-bond donors (Lipinski definition) is 0. The van der Waals surface area contributed by atoms with Crippen LogP contribution in [0.4, 0.5) is 0 Å². The van der Waals surface area contributed by atoms with Gasteiger partial charge in [-0.15, -0.1) is 23.2 Å². The fourth-order valence-electron chi connectivity index (χ4n) is 1.79. The fourth-order valence-corrected chi connectivity index (χ4v) is 2.04. The summed E-state index contributed by atoms with van der Waals surface area (Å²) in [4.78, 5) is 0. The van der Waals surface area contributed by atoms with Crippen LogP contribution in [0.1, 0.15) is 52.4 Å². The van der Waals surface area contributed by atoms with Gasteiger partial charge in [0.25, 0.3) is 0 Å². The first-order valence-corrected chi connectivity index (χ1v) is 9.50. The first kappa shape index (κ1) is 22.9. The van der Waals surface area contributed by atoms with Gasteiger partial charge in [0.1, 0.15) is 13.6 Å². The summed E-state index contributed by atoms with van der Waals surface area (Å²) in [5.74, 6) is 1.36. The van der Waals surface area contributed by atoms with Crippen LogP contribution in [-0.2, 0) is 14.2 Å². The van der Waals surface area contributed by atoms with Crippen molar-refractivity contribution in [1.82, 2.24) is 0 Å². The number of halogens is 2. The Morgan fingerprint density at radius 1 is 0.696 bits per heavy atom. The van der Waals surface area contributed by atoms with Gasteiger partial charge >= 0.3 is 0 Å². The molecule has 2 atom stereocenters. The van der Waals surface area contributed by atoms with Gasteiger partial charge in [0.05, 0.1) is 12.2 Å². The number of alkyl halides is 2. The molecule has 0 fully saturated rings. The minimum Gasteiger partial charge on any atom is -0.352 e. The molecule has 0 aliphatic carbocycles. The predicted octanol–water partition coefficient (Wildman–Crippen LogP) is 5.66. The van der Waals surface area contributed by atoms with E-state index >= 15 is 0 Å². The van der Waals surface area contributed by atoms with Crippen molar-refractivity contribution in [2.75, 3.05) is 25.3 Å². The second-order valence-corrected chi connectivity index (χ2v) is 6.20. The van der Waals surface area contributed by atoms with E-state index in [1.807, 2.05) is 0 Å². The Morgan fingerprint density at radius 2 is 1.09 bits per heavy atom. The van der Waals surface area contributed by atoms with Gasteiger partial charge < -0.3 is 14.2 Å². The second-order valence-electron chi connectivity index (χ2n) is 5.45. The third-order valence-corrected chi connectivity index (χ3v) is 3.67. The van der Waals surface area contributed by atoms with Crippen LogP contribution in [0.15, 0.2) is 24.3 Å². The SMILES string of the molecule is CC(CCC=CCCCl)OCOCOC(C)CCC=CCCCl. The molecule has 0 aromatic carbocycles.